The Bertz CT molecular complexity index is 3020. The van der Waals surface area contributed by atoms with Crippen molar-refractivity contribution < 1.29 is 4.74 Å². The Kier molecular flexibility index (Phi) is 7.48. The number of anilines is 2. The van der Waals surface area contributed by atoms with Gasteiger partial charge < -0.3 is 9.64 Å². The van der Waals surface area contributed by atoms with Gasteiger partial charge in [-0.05, 0) is 120 Å². The predicted molar refractivity (Wildman–Crippen MR) is 249 cm³/mol. The minimum atomic E-state index is -0.146. The van der Waals surface area contributed by atoms with Crippen molar-refractivity contribution in [2.24, 2.45) is 0 Å². The largest absolute Gasteiger partial charge is 0.485 e. The number of hydrogen-bond donors (Lipinski definition) is 0. The van der Waals surface area contributed by atoms with E-state index in [1.807, 2.05) is 0 Å². The van der Waals surface area contributed by atoms with Crippen molar-refractivity contribution in [1.82, 2.24) is 0 Å². The molecule has 0 aromatic heterocycles. The number of rotatable bonds is 5. The zero-order valence-electron chi connectivity index (χ0n) is 34.4. The standard InChI is InChI=1S/C58H45NO/c1-57(2)48-21-12-10-18-42(48)44-31-29-39(33-50(44)57)59(40-30-32-45-43-19-11-13-22-49(43)58(3,4)51(45)34-40)52-23-14-24-53-56(52)55-46-20-9-8-17-41(46)47(35-54(55)60-53)38-27-25-37(26-28-38)36-15-6-5-7-16-36/h5-35,53,56H,1-4H3. The van der Waals surface area contributed by atoms with Crippen molar-refractivity contribution in [2.45, 2.75) is 50.5 Å². The molecule has 8 aromatic rings. The SMILES string of the molecule is CC1(C)c2ccccc2-c2ccc(N(C3=CC=CC4Oc5cc(-c6ccc(-c7ccccc7)cc6)c6ccccc6c5C34)c3ccc4c(c3)C(C)(C)c3ccccc3-4)cc21. The fourth-order valence-corrected chi connectivity index (χ4v) is 11.0. The first-order chi connectivity index (χ1) is 29.3. The van der Waals surface area contributed by atoms with Crippen LogP contribution in [0, 0.1) is 0 Å². The van der Waals surface area contributed by atoms with E-state index >= 15 is 0 Å². The Balaban J connectivity index is 1.03. The molecule has 0 fully saturated rings. The van der Waals surface area contributed by atoms with Crippen molar-refractivity contribution in [3.05, 3.63) is 222 Å². The maximum atomic E-state index is 7.07. The van der Waals surface area contributed by atoms with Gasteiger partial charge in [-0.1, -0.05) is 173 Å². The summed E-state index contributed by atoms with van der Waals surface area (Å²) in [7, 11) is 0. The molecule has 0 amide bonds. The highest BCUT2D eigenvalue weighted by atomic mass is 16.5. The fourth-order valence-electron chi connectivity index (χ4n) is 11.0. The van der Waals surface area contributed by atoms with Crippen molar-refractivity contribution in [2.75, 3.05) is 4.90 Å². The predicted octanol–water partition coefficient (Wildman–Crippen LogP) is 14.9. The van der Waals surface area contributed by atoms with Crippen LogP contribution in [0.5, 0.6) is 5.75 Å². The first-order valence-corrected chi connectivity index (χ1v) is 21.3. The van der Waals surface area contributed by atoms with Gasteiger partial charge in [0.25, 0.3) is 0 Å². The summed E-state index contributed by atoms with van der Waals surface area (Å²) >= 11 is 0. The molecule has 4 aliphatic rings. The molecule has 0 saturated carbocycles. The van der Waals surface area contributed by atoms with Crippen LogP contribution in [0.4, 0.5) is 11.4 Å². The second-order valence-corrected chi connectivity index (χ2v) is 18.0. The third-order valence-electron chi connectivity index (χ3n) is 14.0. The number of ether oxygens (including phenoxy) is 1. The molecule has 2 atom stereocenters. The molecule has 8 aromatic carbocycles. The van der Waals surface area contributed by atoms with Crippen molar-refractivity contribution >= 4 is 22.1 Å². The van der Waals surface area contributed by atoms with Crippen LogP contribution in [0.25, 0.3) is 55.3 Å². The van der Waals surface area contributed by atoms with Crippen LogP contribution >= 0.6 is 0 Å². The zero-order valence-corrected chi connectivity index (χ0v) is 34.4. The summed E-state index contributed by atoms with van der Waals surface area (Å²) in [5, 5.41) is 2.48. The van der Waals surface area contributed by atoms with E-state index in [0.717, 1.165) is 17.1 Å². The van der Waals surface area contributed by atoms with Crippen LogP contribution in [0.3, 0.4) is 0 Å². The lowest BCUT2D eigenvalue weighted by atomic mass is 9.81. The van der Waals surface area contributed by atoms with Gasteiger partial charge in [-0.25, -0.2) is 0 Å². The maximum Gasteiger partial charge on any atom is 0.130 e. The summed E-state index contributed by atoms with van der Waals surface area (Å²) in [6.45, 7) is 9.50. The van der Waals surface area contributed by atoms with E-state index in [1.54, 1.807) is 0 Å². The normalized spacial score (nSPS) is 18.1. The number of nitrogens with zero attached hydrogens (tertiary/aromatic N) is 1. The summed E-state index contributed by atoms with van der Waals surface area (Å²) in [6.07, 6.45) is 6.65. The van der Waals surface area contributed by atoms with Gasteiger partial charge >= 0.3 is 0 Å². The third-order valence-corrected chi connectivity index (χ3v) is 14.0. The minimum Gasteiger partial charge on any atom is -0.485 e. The Hall–Kier alpha value is -6.90. The smallest absolute Gasteiger partial charge is 0.130 e. The maximum absolute atomic E-state index is 7.07. The molecule has 1 heterocycles. The van der Waals surface area contributed by atoms with Crippen molar-refractivity contribution in [3.63, 3.8) is 0 Å². The highest BCUT2D eigenvalue weighted by Crippen LogP contribution is 2.56. The lowest BCUT2D eigenvalue weighted by Gasteiger charge is -2.36. The Morgan fingerprint density at radius 1 is 0.450 bits per heavy atom. The topological polar surface area (TPSA) is 12.5 Å². The van der Waals surface area contributed by atoms with Crippen LogP contribution in [-0.2, 0) is 10.8 Å². The summed E-state index contributed by atoms with van der Waals surface area (Å²) in [5.41, 5.74) is 20.2. The molecule has 2 nitrogen and oxygen atoms in total. The van der Waals surface area contributed by atoms with Gasteiger partial charge in [-0.2, -0.15) is 0 Å². The van der Waals surface area contributed by atoms with Crippen LogP contribution in [-0.4, -0.2) is 6.10 Å². The van der Waals surface area contributed by atoms with E-state index in [4.69, 9.17) is 4.74 Å². The number of hydrogen-bond acceptors (Lipinski definition) is 2. The van der Waals surface area contributed by atoms with E-state index in [2.05, 4.69) is 221 Å². The molecule has 12 rings (SSSR count). The molecular weight excluding hydrogens is 727 g/mol. The summed E-state index contributed by atoms with van der Waals surface area (Å²) in [5.74, 6) is 0.931. The van der Waals surface area contributed by atoms with Crippen LogP contribution < -0.4 is 9.64 Å². The van der Waals surface area contributed by atoms with Gasteiger partial charge in [0.05, 0.1) is 5.92 Å². The third kappa shape index (κ3) is 5.00. The van der Waals surface area contributed by atoms with Crippen LogP contribution in [0.15, 0.2) is 194 Å². The van der Waals surface area contributed by atoms with E-state index in [0.29, 0.717) is 0 Å². The highest BCUT2D eigenvalue weighted by Gasteiger charge is 2.43. The van der Waals surface area contributed by atoms with Crippen molar-refractivity contribution in [3.8, 4) is 50.3 Å². The van der Waals surface area contributed by atoms with Gasteiger partial charge in [-0.15, -0.1) is 0 Å². The molecule has 1 aliphatic heterocycles. The first-order valence-electron chi connectivity index (χ1n) is 21.3. The fraction of sp³-hybridized carbons (Fsp3) is 0.138. The van der Waals surface area contributed by atoms with Gasteiger partial charge in [-0.3, -0.25) is 0 Å². The second-order valence-electron chi connectivity index (χ2n) is 18.0. The summed E-state index contributed by atoms with van der Waals surface area (Å²) < 4.78 is 7.07. The average Bonchev–Trinajstić information content (AvgIpc) is 3.87. The summed E-state index contributed by atoms with van der Waals surface area (Å²) in [4.78, 5) is 2.54. The van der Waals surface area contributed by atoms with E-state index < -0.39 is 0 Å². The molecule has 3 aliphatic carbocycles. The van der Waals surface area contributed by atoms with Crippen molar-refractivity contribution in [1.29, 1.82) is 0 Å². The monoisotopic (exact) mass is 771 g/mol. The molecule has 0 N–H and O–H groups in total. The van der Waals surface area contributed by atoms with E-state index in [9.17, 15) is 0 Å². The molecule has 0 bridgehead atoms. The lowest BCUT2D eigenvalue weighted by Crippen LogP contribution is -2.29. The highest BCUT2D eigenvalue weighted by molar-refractivity contribution is 6.02. The number of allylic oxidation sites excluding steroid dienone is 2. The Labute approximate surface area is 352 Å². The molecule has 0 spiro atoms. The van der Waals surface area contributed by atoms with Gasteiger partial charge in [0.15, 0.2) is 0 Å². The van der Waals surface area contributed by atoms with Crippen LogP contribution in [0.2, 0.25) is 0 Å². The van der Waals surface area contributed by atoms with E-state index in [1.165, 1.54) is 88.8 Å². The molecule has 0 saturated heterocycles. The second kappa shape index (κ2) is 12.8. The van der Waals surface area contributed by atoms with E-state index in [-0.39, 0.29) is 22.9 Å². The molecule has 288 valence electrons. The molecule has 0 radical (unpaired) electrons. The first kappa shape index (κ1) is 35.1. The lowest BCUT2D eigenvalue weighted by molar-refractivity contribution is 0.264. The molecule has 2 unspecified atom stereocenters. The minimum absolute atomic E-state index is 0.0265. The van der Waals surface area contributed by atoms with Crippen LogP contribution in [0.1, 0.15) is 61.4 Å². The number of benzene rings is 8. The average molecular weight is 772 g/mol. The molecule has 60 heavy (non-hydrogen) atoms. The molecular formula is C58H45NO. The Morgan fingerprint density at radius 2 is 0.967 bits per heavy atom. The quantitative estimate of drug-likeness (QED) is 0.173. The summed E-state index contributed by atoms with van der Waals surface area (Å²) in [6, 6.07) is 63.0. The van der Waals surface area contributed by atoms with Gasteiger partial charge in [0.1, 0.15) is 11.9 Å². The van der Waals surface area contributed by atoms with Gasteiger partial charge in [0.2, 0.25) is 0 Å². The zero-order chi connectivity index (χ0) is 40.3. The number of fused-ring (bicyclic) bond motifs is 11. The molecule has 2 heteroatoms. The Morgan fingerprint density at radius 3 is 1.60 bits per heavy atom. The van der Waals surface area contributed by atoms with Gasteiger partial charge in [0, 0.05) is 33.5 Å².